The highest BCUT2D eigenvalue weighted by Gasteiger charge is 2.06. The van der Waals surface area contributed by atoms with Gasteiger partial charge in [-0.25, -0.2) is 10.8 Å². The Morgan fingerprint density at radius 3 is 2.92 bits per heavy atom. The Labute approximate surface area is 78.8 Å². The van der Waals surface area contributed by atoms with E-state index in [2.05, 4.69) is 4.98 Å². The van der Waals surface area contributed by atoms with Crippen LogP contribution in [0.1, 0.15) is 0 Å². The molecule has 13 heavy (non-hydrogen) atoms. The largest absolute Gasteiger partial charge is 0.232 e. The number of nitrogens with two attached hydrogens (primary N) is 1. The van der Waals surface area contributed by atoms with Crippen LogP contribution in [0.15, 0.2) is 24.3 Å². The topological polar surface area (TPSA) is 65.9 Å². The van der Waals surface area contributed by atoms with Gasteiger partial charge in [0.25, 0.3) is 0 Å². The lowest BCUT2D eigenvalue weighted by Gasteiger charge is -1.99. The fourth-order valence-corrected chi connectivity index (χ4v) is 1.85. The maximum Gasteiger partial charge on any atom is 0.214 e. The monoisotopic (exact) mass is 190 g/mol. The molecule has 0 amide bonds. The normalized spacial score (nSPS) is 9.85. The summed E-state index contributed by atoms with van der Waals surface area (Å²) in [6, 6.07) is 7.67. The lowest BCUT2D eigenvalue weighted by atomic mass is 10.3. The van der Waals surface area contributed by atoms with E-state index in [1.165, 1.54) is 11.3 Å². The van der Waals surface area contributed by atoms with Gasteiger partial charge < -0.3 is 0 Å². The van der Waals surface area contributed by atoms with Crippen LogP contribution in [0.25, 0.3) is 10.2 Å². The highest BCUT2D eigenvalue weighted by Crippen LogP contribution is 2.26. The van der Waals surface area contributed by atoms with Crippen LogP contribution in [0.4, 0.5) is 5.13 Å². The van der Waals surface area contributed by atoms with Crippen LogP contribution in [-0.2, 0) is 0 Å². The Balaban J connectivity index is 2.57. The number of para-hydroxylation sites is 1. The molecule has 2 aromatic rings. The summed E-state index contributed by atoms with van der Waals surface area (Å²) in [7, 11) is 0. The molecule has 1 aromatic heterocycles. The zero-order chi connectivity index (χ0) is 9.26. The molecule has 0 spiro atoms. The molecule has 2 N–H and O–H groups in total. The Morgan fingerprint density at radius 1 is 1.46 bits per heavy atom. The number of thiazole rings is 1. The molecular weight excluding hydrogens is 184 g/mol. The van der Waals surface area contributed by atoms with Gasteiger partial charge >= 0.3 is 0 Å². The Morgan fingerprint density at radius 2 is 2.23 bits per heavy atom. The number of nitrogens with zero attached hydrogens (tertiary/aromatic N) is 3. The van der Waals surface area contributed by atoms with Crippen molar-refractivity contribution in [1.82, 2.24) is 4.98 Å². The number of benzene rings is 1. The van der Waals surface area contributed by atoms with Gasteiger partial charge in [-0.15, -0.1) is 0 Å². The Kier molecular flexibility index (Phi) is 1.85. The fourth-order valence-electron chi connectivity index (χ4n) is 1.01. The van der Waals surface area contributed by atoms with Gasteiger partial charge in [0.15, 0.2) is 0 Å². The van der Waals surface area contributed by atoms with Crippen molar-refractivity contribution in [3.8, 4) is 6.19 Å². The van der Waals surface area contributed by atoms with Crippen molar-refractivity contribution in [3.05, 3.63) is 24.3 Å². The van der Waals surface area contributed by atoms with E-state index in [0.29, 0.717) is 5.13 Å². The number of fused-ring (bicyclic) bond motifs is 1. The summed E-state index contributed by atoms with van der Waals surface area (Å²) in [6.07, 6.45) is 1.80. The molecule has 1 aromatic carbocycles. The van der Waals surface area contributed by atoms with E-state index in [-0.39, 0.29) is 0 Å². The van der Waals surface area contributed by atoms with E-state index in [0.717, 1.165) is 15.2 Å². The van der Waals surface area contributed by atoms with Gasteiger partial charge in [0, 0.05) is 0 Å². The van der Waals surface area contributed by atoms with Gasteiger partial charge in [-0.1, -0.05) is 23.5 Å². The summed E-state index contributed by atoms with van der Waals surface area (Å²) in [6.45, 7) is 0. The second-order valence-corrected chi connectivity index (χ2v) is 3.44. The molecule has 0 atom stereocenters. The summed E-state index contributed by atoms with van der Waals surface area (Å²) in [4.78, 5) is 4.18. The first-order chi connectivity index (χ1) is 6.31. The van der Waals surface area contributed by atoms with E-state index in [4.69, 9.17) is 11.1 Å². The molecule has 1 heterocycles. The molecular formula is C8H6N4S. The first kappa shape index (κ1) is 7.98. The zero-order valence-corrected chi connectivity index (χ0v) is 7.45. The van der Waals surface area contributed by atoms with Crippen molar-refractivity contribution in [3.63, 3.8) is 0 Å². The summed E-state index contributed by atoms with van der Waals surface area (Å²) < 4.78 is 1.03. The van der Waals surface area contributed by atoms with Crippen molar-refractivity contribution in [1.29, 1.82) is 5.26 Å². The molecule has 2 rings (SSSR count). The molecule has 0 unspecified atom stereocenters. The molecule has 0 radical (unpaired) electrons. The van der Waals surface area contributed by atoms with Gasteiger partial charge in [-0.2, -0.15) is 10.3 Å². The van der Waals surface area contributed by atoms with Crippen molar-refractivity contribution < 1.29 is 0 Å². The predicted octanol–water partition coefficient (Wildman–Crippen LogP) is 1.46. The highest BCUT2D eigenvalue weighted by atomic mass is 32.1. The number of hydrogen-bond acceptors (Lipinski definition) is 5. The first-order valence-corrected chi connectivity index (χ1v) is 4.43. The minimum atomic E-state index is 0.517. The quantitative estimate of drug-likeness (QED) is 0.320. The third-order valence-corrected chi connectivity index (χ3v) is 2.63. The van der Waals surface area contributed by atoms with E-state index in [9.17, 15) is 0 Å². The highest BCUT2D eigenvalue weighted by molar-refractivity contribution is 7.22. The molecule has 0 fully saturated rings. The molecule has 5 heteroatoms. The van der Waals surface area contributed by atoms with Crippen molar-refractivity contribution in [2.45, 2.75) is 0 Å². The molecule has 4 nitrogen and oxygen atoms in total. The lowest BCUT2D eigenvalue weighted by Crippen LogP contribution is -2.23. The Bertz CT molecular complexity index is 437. The molecule has 0 bridgehead atoms. The minimum absolute atomic E-state index is 0.517. The standard InChI is InChI=1S/C8H6N4S/c9-5-12(10)8-11-6-3-1-2-4-7(6)13-8/h1-4H,10H2. The van der Waals surface area contributed by atoms with Gasteiger partial charge in [0.05, 0.1) is 10.2 Å². The summed E-state index contributed by atoms with van der Waals surface area (Å²) >= 11 is 1.40. The molecule has 0 saturated carbocycles. The van der Waals surface area contributed by atoms with Crippen LogP contribution >= 0.6 is 11.3 Å². The fraction of sp³-hybridized carbons (Fsp3) is 0. The molecule has 64 valence electrons. The van der Waals surface area contributed by atoms with Crippen molar-refractivity contribution in [2.24, 2.45) is 5.84 Å². The minimum Gasteiger partial charge on any atom is -0.232 e. The average Bonchev–Trinajstić information content (AvgIpc) is 2.59. The number of hydrazine groups is 1. The van der Waals surface area contributed by atoms with Crippen LogP contribution in [0.3, 0.4) is 0 Å². The van der Waals surface area contributed by atoms with Crippen molar-refractivity contribution >= 4 is 26.7 Å². The number of rotatable bonds is 1. The second kappa shape index (κ2) is 3.01. The lowest BCUT2D eigenvalue weighted by molar-refractivity contribution is 1.07. The van der Waals surface area contributed by atoms with Crippen LogP contribution < -0.4 is 10.9 Å². The van der Waals surface area contributed by atoms with E-state index >= 15 is 0 Å². The van der Waals surface area contributed by atoms with E-state index in [1.54, 1.807) is 6.19 Å². The zero-order valence-electron chi connectivity index (χ0n) is 6.64. The van der Waals surface area contributed by atoms with Gasteiger partial charge in [0.2, 0.25) is 11.3 Å². The second-order valence-electron chi connectivity index (χ2n) is 2.43. The van der Waals surface area contributed by atoms with Crippen LogP contribution in [0, 0.1) is 11.5 Å². The summed E-state index contributed by atoms with van der Waals surface area (Å²) in [5.74, 6) is 5.38. The number of aromatic nitrogens is 1. The third-order valence-electron chi connectivity index (χ3n) is 1.60. The third kappa shape index (κ3) is 1.33. The summed E-state index contributed by atoms with van der Waals surface area (Å²) in [5.41, 5.74) is 0.869. The molecule has 0 saturated heterocycles. The number of anilines is 1. The van der Waals surface area contributed by atoms with E-state index in [1.807, 2.05) is 24.3 Å². The van der Waals surface area contributed by atoms with Crippen molar-refractivity contribution in [2.75, 3.05) is 5.01 Å². The maximum absolute atomic E-state index is 8.53. The van der Waals surface area contributed by atoms with Crippen LogP contribution in [-0.4, -0.2) is 4.98 Å². The SMILES string of the molecule is N#CN(N)c1nc2ccccc2s1. The smallest absolute Gasteiger partial charge is 0.214 e. The maximum atomic E-state index is 8.53. The van der Waals surface area contributed by atoms with Gasteiger partial charge in [0.1, 0.15) is 0 Å². The van der Waals surface area contributed by atoms with Crippen LogP contribution in [0.2, 0.25) is 0 Å². The van der Waals surface area contributed by atoms with E-state index < -0.39 is 0 Å². The number of nitriles is 1. The Hall–Kier alpha value is -1.64. The molecule has 0 aliphatic rings. The molecule has 0 aliphatic heterocycles. The number of hydrogen-bond donors (Lipinski definition) is 1. The van der Waals surface area contributed by atoms with Gasteiger partial charge in [-0.05, 0) is 12.1 Å². The van der Waals surface area contributed by atoms with Crippen LogP contribution in [0.5, 0.6) is 0 Å². The average molecular weight is 190 g/mol. The van der Waals surface area contributed by atoms with Gasteiger partial charge in [-0.3, -0.25) is 0 Å². The predicted molar refractivity (Wildman–Crippen MR) is 51.9 cm³/mol. The summed E-state index contributed by atoms with van der Waals surface area (Å²) in [5, 5.41) is 10.0. The molecule has 0 aliphatic carbocycles. The first-order valence-electron chi connectivity index (χ1n) is 3.61.